The summed E-state index contributed by atoms with van der Waals surface area (Å²) in [4.78, 5) is 0. The number of nitrogens with two attached hydrogens (primary N) is 1. The van der Waals surface area contributed by atoms with E-state index in [4.69, 9.17) is 5.73 Å². The maximum atomic E-state index is 11.9. The van der Waals surface area contributed by atoms with Gasteiger partial charge in [-0.15, -0.1) is 13.2 Å². The number of ether oxygens (including phenoxy) is 1. The Bertz CT molecular complexity index is 372. The molecule has 0 radical (unpaired) electrons. The van der Waals surface area contributed by atoms with Gasteiger partial charge in [0, 0.05) is 13.0 Å². The highest BCUT2D eigenvalue weighted by Crippen LogP contribution is 2.24. The van der Waals surface area contributed by atoms with Gasteiger partial charge in [0.05, 0.1) is 5.60 Å². The highest BCUT2D eigenvalue weighted by molar-refractivity contribution is 5.28. The first kappa shape index (κ1) is 14.8. The normalized spacial score (nSPS) is 15.2. The van der Waals surface area contributed by atoms with Gasteiger partial charge in [0.1, 0.15) is 5.75 Å². The lowest BCUT2D eigenvalue weighted by Gasteiger charge is -2.24. The van der Waals surface area contributed by atoms with Crippen LogP contribution in [0.2, 0.25) is 0 Å². The Morgan fingerprint density at radius 2 is 1.78 bits per heavy atom. The van der Waals surface area contributed by atoms with Gasteiger partial charge >= 0.3 is 6.36 Å². The second-order valence-corrected chi connectivity index (χ2v) is 4.15. The van der Waals surface area contributed by atoms with E-state index < -0.39 is 12.0 Å². The molecule has 0 aliphatic rings. The van der Waals surface area contributed by atoms with Crippen LogP contribution in [0.3, 0.4) is 0 Å². The second kappa shape index (κ2) is 5.58. The lowest BCUT2D eigenvalue weighted by Crippen LogP contribution is -2.39. The van der Waals surface area contributed by atoms with Crippen molar-refractivity contribution in [2.45, 2.75) is 31.7 Å². The highest BCUT2D eigenvalue weighted by Gasteiger charge is 2.31. The summed E-state index contributed by atoms with van der Waals surface area (Å²) in [5.74, 6) is -0.279. The van der Waals surface area contributed by atoms with Gasteiger partial charge in [-0.2, -0.15) is 0 Å². The van der Waals surface area contributed by atoms with Gasteiger partial charge in [0.25, 0.3) is 0 Å². The van der Waals surface area contributed by atoms with E-state index in [1.807, 2.05) is 0 Å². The number of hydrogen-bond acceptors (Lipinski definition) is 3. The summed E-state index contributed by atoms with van der Waals surface area (Å²) in [6.45, 7) is 1.90. The molecule has 1 atom stereocenters. The van der Waals surface area contributed by atoms with E-state index in [1.54, 1.807) is 6.92 Å². The first-order chi connectivity index (χ1) is 8.28. The zero-order valence-corrected chi connectivity index (χ0v) is 10.00. The molecule has 0 amide bonds. The summed E-state index contributed by atoms with van der Waals surface area (Å²) in [6, 6.07) is 5.40. The van der Waals surface area contributed by atoms with Gasteiger partial charge in [-0.25, -0.2) is 0 Å². The van der Waals surface area contributed by atoms with Crippen molar-refractivity contribution >= 4 is 0 Å². The van der Waals surface area contributed by atoms with E-state index in [0.717, 1.165) is 0 Å². The van der Waals surface area contributed by atoms with Crippen LogP contribution in [0.25, 0.3) is 0 Å². The van der Waals surface area contributed by atoms with Gasteiger partial charge in [0.15, 0.2) is 0 Å². The van der Waals surface area contributed by atoms with Gasteiger partial charge in [-0.3, -0.25) is 0 Å². The van der Waals surface area contributed by atoms with Gasteiger partial charge < -0.3 is 15.6 Å². The summed E-state index contributed by atoms with van der Waals surface area (Å²) in [5, 5.41) is 10.0. The fraction of sp³-hybridized carbons (Fsp3) is 0.500. The summed E-state index contributed by atoms with van der Waals surface area (Å²) >= 11 is 0. The molecule has 0 saturated carbocycles. The van der Waals surface area contributed by atoms with Crippen molar-refractivity contribution in [3.8, 4) is 5.75 Å². The molecule has 3 nitrogen and oxygen atoms in total. The lowest BCUT2D eigenvalue weighted by atomic mass is 9.92. The summed E-state index contributed by atoms with van der Waals surface area (Å²) < 4.78 is 39.6. The Morgan fingerprint density at radius 3 is 2.17 bits per heavy atom. The van der Waals surface area contributed by atoms with Crippen LogP contribution in [0.5, 0.6) is 5.75 Å². The van der Waals surface area contributed by atoms with E-state index >= 15 is 0 Å². The number of aliphatic hydroxyl groups is 1. The molecular weight excluding hydrogens is 247 g/mol. The quantitative estimate of drug-likeness (QED) is 0.856. The first-order valence-corrected chi connectivity index (χ1v) is 5.55. The number of hydrogen-bond donors (Lipinski definition) is 2. The van der Waals surface area contributed by atoms with Crippen LogP contribution in [0, 0.1) is 0 Å². The molecule has 0 bridgehead atoms. The Hall–Kier alpha value is -1.27. The Kier molecular flexibility index (Phi) is 4.59. The van der Waals surface area contributed by atoms with Crippen molar-refractivity contribution in [1.29, 1.82) is 0 Å². The number of halogens is 3. The van der Waals surface area contributed by atoms with Crippen molar-refractivity contribution in [3.05, 3.63) is 29.8 Å². The fourth-order valence-electron chi connectivity index (χ4n) is 1.53. The Labute approximate surface area is 103 Å². The first-order valence-electron chi connectivity index (χ1n) is 5.55. The zero-order chi connectivity index (χ0) is 13.8. The minimum Gasteiger partial charge on any atom is -0.406 e. The lowest BCUT2D eigenvalue weighted by molar-refractivity contribution is -0.274. The number of benzene rings is 1. The van der Waals surface area contributed by atoms with Crippen molar-refractivity contribution < 1.29 is 23.0 Å². The average molecular weight is 263 g/mol. The van der Waals surface area contributed by atoms with E-state index in [-0.39, 0.29) is 12.3 Å². The number of rotatable bonds is 5. The van der Waals surface area contributed by atoms with Crippen LogP contribution in [-0.2, 0) is 6.42 Å². The standard InChI is InChI=1S/C12H16F3NO2/c1-2-11(17,8-16)7-9-3-5-10(6-4-9)18-12(13,14)15/h3-6,17H,2,7-8,16H2,1H3. The van der Waals surface area contributed by atoms with Crippen molar-refractivity contribution in [2.75, 3.05) is 6.54 Å². The Balaban J connectivity index is 2.71. The zero-order valence-electron chi connectivity index (χ0n) is 10.00. The van der Waals surface area contributed by atoms with Crippen LogP contribution in [0.15, 0.2) is 24.3 Å². The summed E-state index contributed by atoms with van der Waals surface area (Å²) in [7, 11) is 0. The van der Waals surface area contributed by atoms with Crippen molar-refractivity contribution in [1.82, 2.24) is 0 Å². The maximum absolute atomic E-state index is 11.9. The molecule has 0 spiro atoms. The van der Waals surface area contributed by atoms with E-state index in [9.17, 15) is 18.3 Å². The molecule has 6 heteroatoms. The van der Waals surface area contributed by atoms with Crippen LogP contribution in [0.4, 0.5) is 13.2 Å². The molecule has 0 aromatic heterocycles. The number of alkyl halides is 3. The van der Waals surface area contributed by atoms with Crippen LogP contribution < -0.4 is 10.5 Å². The third kappa shape index (κ3) is 4.54. The van der Waals surface area contributed by atoms with Gasteiger partial charge in [-0.1, -0.05) is 19.1 Å². The minimum absolute atomic E-state index is 0.101. The summed E-state index contributed by atoms with van der Waals surface area (Å²) in [6.07, 6.45) is -3.92. The predicted molar refractivity (Wildman–Crippen MR) is 61.1 cm³/mol. The molecule has 1 aromatic carbocycles. The third-order valence-corrected chi connectivity index (χ3v) is 2.73. The molecule has 0 saturated heterocycles. The van der Waals surface area contributed by atoms with Crippen LogP contribution in [0.1, 0.15) is 18.9 Å². The molecule has 0 fully saturated rings. The Morgan fingerprint density at radius 1 is 1.22 bits per heavy atom. The highest BCUT2D eigenvalue weighted by atomic mass is 19.4. The SMILES string of the molecule is CCC(O)(CN)Cc1ccc(OC(F)(F)F)cc1. The minimum atomic E-state index is -4.69. The molecular formula is C12H16F3NO2. The maximum Gasteiger partial charge on any atom is 0.573 e. The van der Waals surface area contributed by atoms with Crippen molar-refractivity contribution in [2.24, 2.45) is 5.73 Å². The topological polar surface area (TPSA) is 55.5 Å². The predicted octanol–water partition coefficient (Wildman–Crippen LogP) is 2.23. The molecule has 0 aliphatic heterocycles. The fourth-order valence-corrected chi connectivity index (χ4v) is 1.53. The molecule has 1 unspecified atom stereocenters. The molecule has 1 aromatic rings. The molecule has 102 valence electrons. The van der Waals surface area contributed by atoms with Gasteiger partial charge in [-0.05, 0) is 24.1 Å². The average Bonchev–Trinajstić information content (AvgIpc) is 2.30. The van der Waals surface area contributed by atoms with E-state index in [1.165, 1.54) is 24.3 Å². The molecule has 0 heterocycles. The molecule has 3 N–H and O–H groups in total. The third-order valence-electron chi connectivity index (χ3n) is 2.73. The van der Waals surface area contributed by atoms with Gasteiger partial charge in [0.2, 0.25) is 0 Å². The molecule has 18 heavy (non-hydrogen) atoms. The summed E-state index contributed by atoms with van der Waals surface area (Å²) in [5.41, 5.74) is 5.14. The largest absolute Gasteiger partial charge is 0.573 e. The van der Waals surface area contributed by atoms with Crippen molar-refractivity contribution in [3.63, 3.8) is 0 Å². The molecule has 0 aliphatic carbocycles. The monoisotopic (exact) mass is 263 g/mol. The smallest absolute Gasteiger partial charge is 0.406 e. The van der Waals surface area contributed by atoms with E-state index in [0.29, 0.717) is 18.4 Å². The van der Waals surface area contributed by atoms with Crippen LogP contribution >= 0.6 is 0 Å². The second-order valence-electron chi connectivity index (χ2n) is 4.15. The van der Waals surface area contributed by atoms with E-state index in [2.05, 4.69) is 4.74 Å². The van der Waals surface area contributed by atoms with Crippen LogP contribution in [-0.4, -0.2) is 23.6 Å². The molecule has 1 rings (SSSR count).